The molecule has 7 heteroatoms. The van der Waals surface area contributed by atoms with Crippen LogP contribution in [0.2, 0.25) is 0 Å². The third-order valence-corrected chi connectivity index (χ3v) is 2.69. The highest BCUT2D eigenvalue weighted by atomic mass is 32.1. The van der Waals surface area contributed by atoms with Crippen LogP contribution in [0.1, 0.15) is 15.9 Å². The molecule has 0 radical (unpaired) electrons. The van der Waals surface area contributed by atoms with E-state index in [1.165, 1.54) is 18.3 Å². The van der Waals surface area contributed by atoms with Crippen molar-refractivity contribution in [1.82, 2.24) is 10.4 Å². The zero-order chi connectivity index (χ0) is 15.2. The lowest BCUT2D eigenvalue weighted by Crippen LogP contribution is -2.23. The van der Waals surface area contributed by atoms with E-state index in [1.54, 1.807) is 6.21 Å². The maximum Gasteiger partial charge on any atom is 0.335 e. The molecule has 106 valence electrons. The number of nitrogens with zero attached hydrogens (tertiary/aromatic N) is 2. The first-order chi connectivity index (χ1) is 10.1. The molecule has 4 N–H and O–H groups in total. The summed E-state index contributed by atoms with van der Waals surface area (Å²) in [5.74, 6) is -0.980. The van der Waals surface area contributed by atoms with Crippen LogP contribution in [-0.4, -0.2) is 27.4 Å². The third-order valence-electron chi connectivity index (χ3n) is 2.60. The fourth-order valence-corrected chi connectivity index (χ4v) is 1.68. The van der Waals surface area contributed by atoms with E-state index in [4.69, 9.17) is 10.8 Å². The zero-order valence-electron chi connectivity index (χ0n) is 10.9. The number of aromatic nitrogens is 1. The van der Waals surface area contributed by atoms with Gasteiger partial charge in [0.05, 0.1) is 17.5 Å². The Kier molecular flexibility index (Phi) is 4.57. The predicted molar refractivity (Wildman–Crippen MR) is 84.1 cm³/mol. The molecule has 21 heavy (non-hydrogen) atoms. The van der Waals surface area contributed by atoms with Gasteiger partial charge in [-0.05, 0) is 29.9 Å². The molecule has 0 aliphatic heterocycles. The lowest BCUT2D eigenvalue weighted by Gasteiger charge is -2.02. The number of nitrogens with two attached hydrogens (primary N) is 1. The van der Waals surface area contributed by atoms with Gasteiger partial charge in [-0.25, -0.2) is 4.79 Å². The molecule has 1 aromatic heterocycles. The molecular weight excluding hydrogens is 288 g/mol. The highest BCUT2D eigenvalue weighted by Crippen LogP contribution is 2.18. The number of carboxylic acid groups (broad SMARTS) is 1. The fraction of sp³-hybridized carbons (Fsp3) is 0. The number of hydrogen-bond donors (Lipinski definition) is 3. The van der Waals surface area contributed by atoms with E-state index in [2.05, 4.69) is 27.7 Å². The van der Waals surface area contributed by atoms with Crippen LogP contribution in [0.15, 0.2) is 47.7 Å². The summed E-state index contributed by atoms with van der Waals surface area (Å²) in [5.41, 5.74) is 10.2. The molecule has 0 bridgehead atoms. The summed E-state index contributed by atoms with van der Waals surface area (Å²) in [6.07, 6.45) is 3.05. The van der Waals surface area contributed by atoms with E-state index in [0.717, 1.165) is 11.1 Å². The van der Waals surface area contributed by atoms with E-state index >= 15 is 0 Å². The van der Waals surface area contributed by atoms with Crippen molar-refractivity contribution in [2.75, 3.05) is 0 Å². The largest absolute Gasteiger partial charge is 0.478 e. The average molecular weight is 300 g/mol. The van der Waals surface area contributed by atoms with Gasteiger partial charge in [-0.15, -0.1) is 0 Å². The van der Waals surface area contributed by atoms with Crippen LogP contribution in [0.25, 0.3) is 11.3 Å². The Bertz CT molecular complexity index is 698. The van der Waals surface area contributed by atoms with Gasteiger partial charge in [0.1, 0.15) is 0 Å². The lowest BCUT2D eigenvalue weighted by atomic mass is 10.1. The number of pyridine rings is 1. The zero-order valence-corrected chi connectivity index (χ0v) is 11.7. The van der Waals surface area contributed by atoms with Gasteiger partial charge in [0, 0.05) is 11.8 Å². The van der Waals surface area contributed by atoms with Gasteiger partial charge in [0.2, 0.25) is 0 Å². The van der Waals surface area contributed by atoms with Crippen molar-refractivity contribution in [3.05, 3.63) is 53.7 Å². The number of carboxylic acids is 1. The first-order valence-corrected chi connectivity index (χ1v) is 6.35. The Hall–Kier alpha value is -2.80. The molecule has 0 aliphatic carbocycles. The maximum absolute atomic E-state index is 10.9. The van der Waals surface area contributed by atoms with E-state index in [-0.39, 0.29) is 10.7 Å². The molecule has 6 nitrogen and oxygen atoms in total. The Morgan fingerprint density at radius 3 is 2.67 bits per heavy atom. The Balaban J connectivity index is 2.19. The number of aromatic carboxylic acids is 1. The number of rotatable bonds is 4. The topological polar surface area (TPSA) is 101 Å². The van der Waals surface area contributed by atoms with Crippen LogP contribution >= 0.6 is 12.2 Å². The van der Waals surface area contributed by atoms with Crippen LogP contribution in [0.5, 0.6) is 0 Å². The van der Waals surface area contributed by atoms with Crippen molar-refractivity contribution in [2.24, 2.45) is 10.8 Å². The summed E-state index contributed by atoms with van der Waals surface area (Å²) in [6.45, 7) is 0. The summed E-state index contributed by atoms with van der Waals surface area (Å²) in [4.78, 5) is 15.1. The summed E-state index contributed by atoms with van der Waals surface area (Å²) < 4.78 is 0. The minimum Gasteiger partial charge on any atom is -0.478 e. The molecule has 0 amide bonds. The molecule has 2 aromatic rings. The van der Waals surface area contributed by atoms with E-state index in [1.807, 2.05) is 24.3 Å². The monoisotopic (exact) mass is 300 g/mol. The molecule has 1 aromatic carbocycles. The normalized spacial score (nSPS) is 10.5. The number of thiocarbonyl (C=S) groups is 1. The number of hydrazone groups is 1. The maximum atomic E-state index is 10.9. The molecule has 2 rings (SSSR count). The van der Waals surface area contributed by atoms with Crippen molar-refractivity contribution >= 4 is 29.5 Å². The molecule has 0 fully saturated rings. The van der Waals surface area contributed by atoms with Crippen molar-refractivity contribution in [3.8, 4) is 11.3 Å². The van der Waals surface area contributed by atoms with E-state index in [0.29, 0.717) is 5.69 Å². The molecule has 1 heterocycles. The van der Waals surface area contributed by atoms with E-state index in [9.17, 15) is 4.79 Å². The van der Waals surface area contributed by atoms with Crippen molar-refractivity contribution < 1.29 is 9.90 Å². The summed E-state index contributed by atoms with van der Waals surface area (Å²) in [7, 11) is 0. The Morgan fingerprint density at radius 1 is 1.33 bits per heavy atom. The van der Waals surface area contributed by atoms with Gasteiger partial charge in [0.25, 0.3) is 0 Å². The second kappa shape index (κ2) is 6.58. The minimum absolute atomic E-state index is 0.0950. The number of nitrogens with one attached hydrogen (secondary N) is 1. The van der Waals surface area contributed by atoms with Crippen LogP contribution in [-0.2, 0) is 0 Å². The molecule has 0 spiro atoms. The van der Waals surface area contributed by atoms with Gasteiger partial charge in [-0.3, -0.25) is 10.4 Å². The first-order valence-electron chi connectivity index (χ1n) is 5.94. The quantitative estimate of drug-likeness (QED) is 0.450. The second-order valence-electron chi connectivity index (χ2n) is 4.09. The third kappa shape index (κ3) is 4.08. The van der Waals surface area contributed by atoms with Crippen molar-refractivity contribution in [1.29, 1.82) is 0 Å². The number of carbonyl (C=O) groups is 1. The summed E-state index contributed by atoms with van der Waals surface area (Å²) in [6, 6.07) is 10.3. The molecule has 0 saturated carbocycles. The number of hydrogen-bond acceptors (Lipinski definition) is 4. The van der Waals surface area contributed by atoms with Gasteiger partial charge in [0.15, 0.2) is 5.11 Å². The second-order valence-corrected chi connectivity index (χ2v) is 4.53. The fourth-order valence-electron chi connectivity index (χ4n) is 1.63. The summed E-state index contributed by atoms with van der Waals surface area (Å²) in [5, 5.41) is 12.9. The molecule has 0 saturated heterocycles. The van der Waals surface area contributed by atoms with Gasteiger partial charge >= 0.3 is 5.97 Å². The lowest BCUT2D eigenvalue weighted by molar-refractivity contribution is 0.0697. The van der Waals surface area contributed by atoms with Crippen molar-refractivity contribution in [2.45, 2.75) is 0 Å². The molecular formula is C14H12N4O2S. The predicted octanol–water partition coefficient (Wildman–Crippen LogP) is 1.61. The first kappa shape index (κ1) is 14.6. The minimum atomic E-state index is -0.980. The summed E-state index contributed by atoms with van der Waals surface area (Å²) >= 11 is 4.63. The Labute approximate surface area is 126 Å². The SMILES string of the molecule is NC(=S)NN=Cc1ccc(-c2cc(C(=O)O)ccn2)cc1. The van der Waals surface area contributed by atoms with Gasteiger partial charge in [-0.1, -0.05) is 24.3 Å². The van der Waals surface area contributed by atoms with Gasteiger partial charge < -0.3 is 10.8 Å². The van der Waals surface area contributed by atoms with Crippen LogP contribution in [0.3, 0.4) is 0 Å². The van der Waals surface area contributed by atoms with Crippen molar-refractivity contribution in [3.63, 3.8) is 0 Å². The highest BCUT2D eigenvalue weighted by Gasteiger charge is 2.05. The van der Waals surface area contributed by atoms with Crippen LogP contribution < -0.4 is 11.2 Å². The smallest absolute Gasteiger partial charge is 0.335 e. The van der Waals surface area contributed by atoms with Gasteiger partial charge in [-0.2, -0.15) is 5.10 Å². The standard InChI is InChI=1S/C14H12N4O2S/c15-14(21)18-17-8-9-1-3-10(4-2-9)12-7-11(13(19)20)5-6-16-12/h1-8H,(H,19,20)(H3,15,18,21). The molecule has 0 aliphatic rings. The van der Waals surface area contributed by atoms with E-state index < -0.39 is 5.97 Å². The molecule has 0 atom stereocenters. The Morgan fingerprint density at radius 2 is 2.05 bits per heavy atom. The molecule has 0 unspecified atom stereocenters. The van der Waals surface area contributed by atoms with Crippen LogP contribution in [0, 0.1) is 0 Å². The van der Waals surface area contributed by atoms with Crippen LogP contribution in [0.4, 0.5) is 0 Å². The average Bonchev–Trinajstić information content (AvgIpc) is 2.48. The number of benzene rings is 1. The highest BCUT2D eigenvalue weighted by molar-refractivity contribution is 7.80.